The number of aromatic nitrogens is 2. The third kappa shape index (κ3) is 2.03. The normalized spacial score (nSPS) is 20.6. The smallest absolute Gasteiger partial charge is 0.300 e. The van der Waals surface area contributed by atoms with Crippen molar-refractivity contribution in [1.29, 1.82) is 0 Å². The van der Waals surface area contributed by atoms with Gasteiger partial charge in [-0.2, -0.15) is 4.98 Å². The van der Waals surface area contributed by atoms with E-state index >= 15 is 0 Å². The van der Waals surface area contributed by atoms with E-state index in [-0.39, 0.29) is 12.6 Å². The maximum Gasteiger partial charge on any atom is 0.300 e. The number of anilines is 1. The van der Waals surface area contributed by atoms with E-state index in [2.05, 4.69) is 15.3 Å². The van der Waals surface area contributed by atoms with Gasteiger partial charge in [0.15, 0.2) is 5.58 Å². The molecule has 1 aliphatic rings. The fraction of sp³-hybridized carbons (Fsp3) is 0.455. The van der Waals surface area contributed by atoms with Crippen LogP contribution in [0.15, 0.2) is 16.5 Å². The number of hydrogen-bond acceptors (Lipinski definition) is 6. The van der Waals surface area contributed by atoms with Crippen LogP contribution in [0.2, 0.25) is 5.15 Å². The summed E-state index contributed by atoms with van der Waals surface area (Å²) in [4.78, 5) is 10.4. The lowest BCUT2D eigenvalue weighted by molar-refractivity contribution is 0.242. The summed E-state index contributed by atoms with van der Waals surface area (Å²) < 4.78 is 5.65. The summed E-state index contributed by atoms with van der Waals surface area (Å²) in [7, 11) is 0. The Morgan fingerprint density at radius 2 is 2.39 bits per heavy atom. The molecule has 96 valence electrons. The van der Waals surface area contributed by atoms with Crippen molar-refractivity contribution in [1.82, 2.24) is 15.3 Å². The van der Waals surface area contributed by atoms with Crippen LogP contribution in [0.25, 0.3) is 11.2 Å². The van der Waals surface area contributed by atoms with E-state index in [0.29, 0.717) is 28.9 Å². The molecule has 6 nitrogen and oxygen atoms in total. The monoisotopic (exact) mass is 268 g/mol. The molecular weight excluding hydrogens is 256 g/mol. The molecule has 7 heteroatoms. The zero-order valence-corrected chi connectivity index (χ0v) is 10.4. The van der Waals surface area contributed by atoms with Crippen LogP contribution < -0.4 is 10.2 Å². The number of pyridine rings is 1. The summed E-state index contributed by atoms with van der Waals surface area (Å²) in [5, 5.41) is 13.0. The lowest BCUT2D eigenvalue weighted by Gasteiger charge is -2.33. The maximum atomic E-state index is 9.35. The fourth-order valence-corrected chi connectivity index (χ4v) is 2.23. The van der Waals surface area contributed by atoms with Crippen LogP contribution in [-0.2, 0) is 0 Å². The number of nitrogens with zero attached hydrogens (tertiary/aromatic N) is 3. The first kappa shape index (κ1) is 11.7. The predicted octanol–water partition coefficient (Wildman–Crippen LogP) is 0.647. The second-order valence-electron chi connectivity index (χ2n) is 4.19. The molecule has 0 bridgehead atoms. The summed E-state index contributed by atoms with van der Waals surface area (Å²) in [6, 6.07) is 3.87. The molecule has 1 aliphatic heterocycles. The largest absolute Gasteiger partial charge is 0.422 e. The van der Waals surface area contributed by atoms with Crippen molar-refractivity contribution in [3.05, 3.63) is 17.3 Å². The minimum atomic E-state index is -0.0257. The number of hydrogen-bond donors (Lipinski definition) is 2. The molecule has 0 aromatic carbocycles. The molecule has 1 saturated heterocycles. The zero-order chi connectivity index (χ0) is 12.5. The molecule has 1 atom stereocenters. The van der Waals surface area contributed by atoms with E-state index in [0.717, 1.165) is 13.1 Å². The van der Waals surface area contributed by atoms with Gasteiger partial charge in [-0.1, -0.05) is 11.6 Å². The van der Waals surface area contributed by atoms with Crippen molar-refractivity contribution in [2.75, 3.05) is 31.1 Å². The highest BCUT2D eigenvalue weighted by Gasteiger charge is 2.25. The minimum Gasteiger partial charge on any atom is -0.422 e. The van der Waals surface area contributed by atoms with E-state index in [1.165, 1.54) is 0 Å². The Bertz CT molecular complexity index is 559. The Morgan fingerprint density at radius 1 is 1.50 bits per heavy atom. The van der Waals surface area contributed by atoms with Gasteiger partial charge in [-0.05, 0) is 12.1 Å². The van der Waals surface area contributed by atoms with Crippen molar-refractivity contribution in [2.24, 2.45) is 0 Å². The molecule has 3 heterocycles. The summed E-state index contributed by atoms with van der Waals surface area (Å²) >= 11 is 5.81. The molecule has 2 N–H and O–H groups in total. The molecule has 1 unspecified atom stereocenters. The second kappa shape index (κ2) is 4.72. The van der Waals surface area contributed by atoms with Gasteiger partial charge in [0.05, 0.1) is 12.6 Å². The number of nitrogens with one attached hydrogen (secondary N) is 1. The second-order valence-corrected chi connectivity index (χ2v) is 4.57. The molecule has 0 radical (unpaired) electrons. The summed E-state index contributed by atoms with van der Waals surface area (Å²) in [6.07, 6.45) is 0. The van der Waals surface area contributed by atoms with Crippen LogP contribution in [0.5, 0.6) is 0 Å². The average molecular weight is 269 g/mol. The lowest BCUT2D eigenvalue weighted by atomic mass is 10.2. The first-order valence-corrected chi connectivity index (χ1v) is 6.17. The van der Waals surface area contributed by atoms with Crippen LogP contribution in [0.1, 0.15) is 0 Å². The molecule has 18 heavy (non-hydrogen) atoms. The molecule has 2 aromatic heterocycles. The van der Waals surface area contributed by atoms with Crippen molar-refractivity contribution >= 4 is 28.8 Å². The van der Waals surface area contributed by atoms with E-state index in [4.69, 9.17) is 16.0 Å². The van der Waals surface area contributed by atoms with Crippen LogP contribution in [0, 0.1) is 0 Å². The highest BCUT2D eigenvalue weighted by molar-refractivity contribution is 6.29. The Labute approximate surface area is 109 Å². The molecular formula is C11H13ClN4O2. The Hall–Kier alpha value is -1.37. The number of aliphatic hydroxyl groups is 1. The Kier molecular flexibility index (Phi) is 3.07. The summed E-state index contributed by atoms with van der Waals surface area (Å²) in [5.41, 5.74) is 1.09. The Morgan fingerprint density at radius 3 is 3.22 bits per heavy atom. The van der Waals surface area contributed by atoms with Gasteiger partial charge in [-0.25, -0.2) is 4.98 Å². The third-order valence-electron chi connectivity index (χ3n) is 3.01. The number of piperazine rings is 1. The van der Waals surface area contributed by atoms with Gasteiger partial charge < -0.3 is 19.7 Å². The van der Waals surface area contributed by atoms with E-state index in [9.17, 15) is 5.11 Å². The van der Waals surface area contributed by atoms with Gasteiger partial charge in [0.1, 0.15) is 5.15 Å². The molecule has 0 saturated carbocycles. The number of aliphatic hydroxyl groups excluding tert-OH is 1. The van der Waals surface area contributed by atoms with Gasteiger partial charge in [-0.15, -0.1) is 0 Å². The van der Waals surface area contributed by atoms with Crippen LogP contribution in [0.3, 0.4) is 0 Å². The molecule has 0 amide bonds. The highest BCUT2D eigenvalue weighted by Crippen LogP contribution is 2.23. The molecule has 0 aliphatic carbocycles. The number of halogens is 1. The van der Waals surface area contributed by atoms with Crippen molar-refractivity contribution in [2.45, 2.75) is 6.04 Å². The van der Waals surface area contributed by atoms with Crippen LogP contribution >= 0.6 is 11.6 Å². The predicted molar refractivity (Wildman–Crippen MR) is 67.9 cm³/mol. The van der Waals surface area contributed by atoms with Gasteiger partial charge >= 0.3 is 0 Å². The topological polar surface area (TPSA) is 74.4 Å². The molecule has 1 fully saturated rings. The van der Waals surface area contributed by atoms with Crippen molar-refractivity contribution < 1.29 is 9.52 Å². The van der Waals surface area contributed by atoms with Crippen LogP contribution in [-0.4, -0.2) is 47.4 Å². The van der Waals surface area contributed by atoms with Crippen molar-refractivity contribution in [3.8, 4) is 0 Å². The highest BCUT2D eigenvalue weighted by atomic mass is 35.5. The van der Waals surface area contributed by atoms with Crippen molar-refractivity contribution in [3.63, 3.8) is 0 Å². The molecule has 3 rings (SSSR count). The maximum absolute atomic E-state index is 9.35. The summed E-state index contributed by atoms with van der Waals surface area (Å²) in [5.74, 6) is 0. The molecule has 0 spiro atoms. The van der Waals surface area contributed by atoms with E-state index in [1.807, 2.05) is 4.90 Å². The minimum absolute atomic E-state index is 0.0257. The van der Waals surface area contributed by atoms with Gasteiger partial charge in [-0.3, -0.25) is 0 Å². The van der Waals surface area contributed by atoms with Gasteiger partial charge in [0, 0.05) is 19.6 Å². The van der Waals surface area contributed by atoms with Crippen LogP contribution in [0.4, 0.5) is 6.01 Å². The first-order valence-electron chi connectivity index (χ1n) is 5.79. The molecule has 2 aromatic rings. The summed E-state index contributed by atoms with van der Waals surface area (Å²) in [6.45, 7) is 2.35. The lowest BCUT2D eigenvalue weighted by Crippen LogP contribution is -2.53. The Balaban J connectivity index is 1.97. The SMILES string of the molecule is OCC1CNCCN1c1nc2nc(Cl)ccc2o1. The standard InChI is InChI=1S/C11H13ClN4O2/c12-9-2-1-8-10(14-9)15-11(18-8)16-4-3-13-5-7(16)6-17/h1-2,7,13,17H,3-6H2. The zero-order valence-electron chi connectivity index (χ0n) is 9.64. The quantitative estimate of drug-likeness (QED) is 0.779. The fourth-order valence-electron chi connectivity index (χ4n) is 2.08. The number of fused-ring (bicyclic) bond motifs is 1. The number of rotatable bonds is 2. The van der Waals surface area contributed by atoms with Gasteiger partial charge in [0.2, 0.25) is 5.65 Å². The average Bonchev–Trinajstić information content (AvgIpc) is 2.81. The first-order chi connectivity index (χ1) is 8.78. The third-order valence-corrected chi connectivity index (χ3v) is 3.23. The number of oxazole rings is 1. The van der Waals surface area contributed by atoms with E-state index < -0.39 is 0 Å². The van der Waals surface area contributed by atoms with E-state index in [1.54, 1.807) is 12.1 Å². The van der Waals surface area contributed by atoms with Gasteiger partial charge in [0.25, 0.3) is 6.01 Å².